The zero-order valence-electron chi connectivity index (χ0n) is 74.1. The Balaban J connectivity index is 1.14. The van der Waals surface area contributed by atoms with Crippen LogP contribution in [0.4, 0.5) is 0 Å². The van der Waals surface area contributed by atoms with Gasteiger partial charge in [-0.25, -0.2) is 0 Å². The molecule has 4 aromatic heterocycles. The third-order valence-electron chi connectivity index (χ3n) is 29.5. The first-order valence-electron chi connectivity index (χ1n) is 48.9. The van der Waals surface area contributed by atoms with E-state index >= 15 is 38.4 Å². The van der Waals surface area contributed by atoms with Crippen LogP contribution in [-0.4, -0.2) is 18.3 Å². The Morgan fingerprint density at radius 1 is 0.158 bits per heavy atom. The van der Waals surface area contributed by atoms with Crippen LogP contribution in [0.1, 0.15) is 388 Å². The van der Waals surface area contributed by atoms with E-state index < -0.39 is 12.1 Å². The van der Waals surface area contributed by atoms with Gasteiger partial charge in [0, 0.05) is 99.6 Å². The average Bonchev–Trinajstić information content (AvgIpc) is 0.636. The number of aromatic nitrogens is 4. The molecule has 0 spiro atoms. The van der Waals surface area contributed by atoms with E-state index in [4.69, 9.17) is 0 Å². The molecule has 0 saturated carbocycles. The van der Waals surface area contributed by atoms with Gasteiger partial charge in [0.05, 0.1) is 10.8 Å². The van der Waals surface area contributed by atoms with Crippen LogP contribution in [0, 0.1) is 0 Å². The molecule has 634 valence electrons. The van der Waals surface area contributed by atoms with Gasteiger partial charge in [0.25, 0.3) is 44.5 Å². The van der Waals surface area contributed by atoms with Crippen LogP contribution in [0.2, 0.25) is 0 Å². The summed E-state index contributed by atoms with van der Waals surface area (Å²) < 4.78 is 6.57. The molecule has 0 aliphatic heterocycles. The maximum absolute atomic E-state index is 17.8. The second kappa shape index (κ2) is 37.6. The summed E-state index contributed by atoms with van der Waals surface area (Å²) in [6.07, 6.45) is 46.5. The topological polar surface area (TPSA) is 156 Å². The first kappa shape index (κ1) is 84.9. The highest BCUT2D eigenvalue weighted by molar-refractivity contribution is 6.61. The van der Waals surface area contributed by atoms with Crippen LogP contribution < -0.4 is 44.5 Å². The van der Waals surface area contributed by atoms with Crippen molar-refractivity contribution in [2.24, 2.45) is 0 Å². The molecule has 4 heterocycles. The Bertz CT molecular complexity index is 6280. The van der Waals surface area contributed by atoms with Crippen molar-refractivity contribution >= 4 is 162 Å². The third kappa shape index (κ3) is 14.7. The van der Waals surface area contributed by atoms with Crippen molar-refractivity contribution in [3.63, 3.8) is 0 Å². The molecule has 12 aromatic carbocycles. The smallest absolute Gasteiger partial charge is 0.262 e. The Kier molecular flexibility index (Phi) is 26.6. The summed E-state index contributed by atoms with van der Waals surface area (Å²) in [5.41, 5.74) is -2.69. The lowest BCUT2D eigenvalue weighted by Gasteiger charge is -2.30. The fraction of sp³-hybridized carbons (Fsp3) is 0.556. The van der Waals surface area contributed by atoms with Crippen molar-refractivity contribution in [1.82, 2.24) is 18.3 Å². The molecule has 0 aliphatic rings. The third-order valence-corrected chi connectivity index (χ3v) is 29.5. The minimum absolute atomic E-state index is 0.304. The van der Waals surface area contributed by atoms with Crippen molar-refractivity contribution in [3.8, 4) is 0 Å². The minimum Gasteiger partial charge on any atom is -0.271 e. The van der Waals surface area contributed by atoms with Crippen molar-refractivity contribution < 1.29 is 0 Å². The van der Waals surface area contributed by atoms with Gasteiger partial charge in [-0.2, -0.15) is 0 Å². The predicted octanol–water partition coefficient (Wildman–Crippen LogP) is 29.1. The number of fused-ring (bicyclic) bond motifs is 6. The Hall–Kier alpha value is -8.64. The zero-order valence-corrected chi connectivity index (χ0v) is 74.1. The number of unbranched alkanes of at least 4 members (excludes halogenated alkanes) is 32. The monoisotopic (exact) mass is 1620 g/mol. The van der Waals surface area contributed by atoms with E-state index in [2.05, 4.69) is 79.7 Å². The lowest BCUT2D eigenvalue weighted by Crippen LogP contribution is -2.37. The van der Waals surface area contributed by atoms with Gasteiger partial charge in [-0.3, -0.25) is 56.6 Å². The maximum atomic E-state index is 17.8. The summed E-state index contributed by atoms with van der Waals surface area (Å²) in [5, 5.41) is 18.5. The van der Waals surface area contributed by atoms with Crippen molar-refractivity contribution in [3.05, 3.63) is 143 Å². The van der Waals surface area contributed by atoms with Gasteiger partial charge in [0.2, 0.25) is 0 Å². The summed E-state index contributed by atoms with van der Waals surface area (Å²) >= 11 is 0. The SMILES string of the molecule is CCCCCCCC(CCCCCCC)n1c(=O)c2ccc3c4ccc5c(=O)n(C(CCCCCCC)CCCCCCC)c(=O)c6c5c4c4c5c(cc(c1=O)c2c35)c1c2c(=O)n(C(CCCCCCC)CCCCCCC)c(=O)c3ccc5c7ccc8c(=O)n(C(CCCCCCC)CCCCCCC)c(=O)c9cc%10c6c4c1c(c5c32)c%10c7c89. The fourth-order valence-electron chi connectivity index (χ4n) is 23.4. The molecule has 16 rings (SSSR count). The first-order chi connectivity index (χ1) is 58.8. The van der Waals surface area contributed by atoms with Gasteiger partial charge < -0.3 is 0 Å². The number of rotatable bonds is 52. The van der Waals surface area contributed by atoms with Crippen molar-refractivity contribution in [2.75, 3.05) is 0 Å². The number of hydrogen-bond donors (Lipinski definition) is 0. The highest BCUT2D eigenvalue weighted by atomic mass is 16.2. The van der Waals surface area contributed by atoms with Crippen molar-refractivity contribution in [2.45, 2.75) is 388 Å². The molecule has 0 N–H and O–H groups in total. The van der Waals surface area contributed by atoms with Crippen LogP contribution in [0.3, 0.4) is 0 Å². The maximum Gasteiger partial charge on any atom is 0.262 e. The molecular formula is C108H134N4O8. The molecule has 16 aromatic rings. The average molecular weight is 1620 g/mol. The Labute approximate surface area is 706 Å². The van der Waals surface area contributed by atoms with Gasteiger partial charge in [-0.1, -0.05) is 336 Å². The first-order valence-corrected chi connectivity index (χ1v) is 48.9. The fourth-order valence-corrected chi connectivity index (χ4v) is 23.4. The molecular weight excluding hydrogens is 1480 g/mol. The molecule has 0 unspecified atom stereocenters. The quantitative estimate of drug-likeness (QED) is 0.0207. The molecule has 0 radical (unpaired) electrons. The lowest BCUT2D eigenvalue weighted by atomic mass is 9.73. The number of nitrogens with zero attached hydrogens (tertiary/aromatic N) is 4. The molecule has 0 amide bonds. The summed E-state index contributed by atoms with van der Waals surface area (Å²) in [6, 6.07) is 18.5. The van der Waals surface area contributed by atoms with E-state index in [1.54, 1.807) is 18.3 Å². The summed E-state index contributed by atoms with van der Waals surface area (Å²) in [5.74, 6) is 0. The van der Waals surface area contributed by atoms with Gasteiger partial charge in [-0.05, 0) is 163 Å². The minimum atomic E-state index is -0.424. The lowest BCUT2D eigenvalue weighted by molar-refractivity contribution is 0.382. The van der Waals surface area contributed by atoms with Gasteiger partial charge in [0.1, 0.15) is 0 Å². The van der Waals surface area contributed by atoms with Gasteiger partial charge >= 0.3 is 0 Å². The van der Waals surface area contributed by atoms with Crippen LogP contribution in [-0.2, 0) is 0 Å². The molecule has 12 nitrogen and oxygen atoms in total. The molecule has 0 fully saturated rings. The normalized spacial score (nSPS) is 13.0. The van der Waals surface area contributed by atoms with Crippen molar-refractivity contribution in [1.29, 1.82) is 0 Å². The van der Waals surface area contributed by atoms with Gasteiger partial charge in [0.15, 0.2) is 0 Å². The summed E-state index contributed by atoms with van der Waals surface area (Å²) in [7, 11) is 0. The highest BCUT2D eigenvalue weighted by Gasteiger charge is 2.38. The largest absolute Gasteiger partial charge is 0.271 e. The van der Waals surface area contributed by atoms with E-state index in [0.29, 0.717) is 138 Å². The molecule has 120 heavy (non-hydrogen) atoms. The summed E-state index contributed by atoms with van der Waals surface area (Å²) in [6.45, 7) is 17.8. The van der Waals surface area contributed by atoms with Crippen LogP contribution in [0.5, 0.6) is 0 Å². The Morgan fingerprint density at radius 3 is 0.550 bits per heavy atom. The summed E-state index contributed by atoms with van der Waals surface area (Å²) in [4.78, 5) is 135. The highest BCUT2D eigenvalue weighted by Crippen LogP contribution is 2.60. The molecule has 0 atom stereocenters. The molecule has 12 heteroatoms. The number of benzene rings is 12. The van der Waals surface area contributed by atoms with Crippen LogP contribution >= 0.6 is 0 Å². The van der Waals surface area contributed by atoms with E-state index in [1.165, 1.54) is 0 Å². The molecule has 0 bridgehead atoms. The number of pyridine rings is 4. The van der Waals surface area contributed by atoms with Crippen LogP contribution in [0.25, 0.3) is 162 Å². The number of hydrogen-bond acceptors (Lipinski definition) is 8. The predicted molar refractivity (Wildman–Crippen MR) is 515 cm³/mol. The standard InChI is InChI=1S/C108H134N4O8/c1-9-17-25-33-41-49-67(50-42-34-26-18-10-2)109-101(113)75-61-57-71-73-59-63-78-90-87(73)95-91-79(65-81(105(109)117)83(75)85(71)91)93-97-96-88-74(60-64-77-89(88)99(93)107(119)111(103(77)115)69(53-45-37-29-21-13-5)54-46-38-30-22-14-6)72-58-62-76-84-82(106(118)110(102(76)114)68(51-43-35-27-19-11-3)52-44-36-28-20-12-4)66-80(92(96)86(72)84)94(98(95)97)100(90)108(120)112(104(78)116)70(55-47-39-31-23-15-7)56-48-40-32-24-16-8/h57-70H,9-56H2,1-8H3. The van der Waals surface area contributed by atoms with E-state index in [0.717, 1.165) is 332 Å². The van der Waals surface area contributed by atoms with E-state index in [1.807, 2.05) is 36.4 Å². The second-order valence-electron chi connectivity index (χ2n) is 37.5. The van der Waals surface area contributed by atoms with E-state index in [9.17, 15) is 0 Å². The van der Waals surface area contributed by atoms with Gasteiger partial charge in [-0.15, -0.1) is 0 Å². The van der Waals surface area contributed by atoms with Crippen LogP contribution in [0.15, 0.2) is 99.0 Å². The Morgan fingerprint density at radius 2 is 0.317 bits per heavy atom. The zero-order chi connectivity index (χ0) is 83.6. The van der Waals surface area contributed by atoms with E-state index in [-0.39, 0.29) is 56.6 Å². The molecule has 0 saturated heterocycles. The molecule has 0 aliphatic carbocycles. The second-order valence-corrected chi connectivity index (χ2v) is 37.5.